The number of rotatable bonds is 6. The van der Waals surface area contributed by atoms with Crippen molar-refractivity contribution < 1.29 is 9.53 Å². The lowest BCUT2D eigenvalue weighted by Gasteiger charge is -2.13. The second kappa shape index (κ2) is 8.99. The molecule has 0 aliphatic heterocycles. The highest BCUT2D eigenvalue weighted by Gasteiger charge is 2.19. The molecule has 0 aliphatic carbocycles. The van der Waals surface area contributed by atoms with Gasteiger partial charge in [-0.15, -0.1) is 0 Å². The predicted molar refractivity (Wildman–Crippen MR) is 115 cm³/mol. The van der Waals surface area contributed by atoms with Crippen molar-refractivity contribution in [3.8, 4) is 5.69 Å². The Hall–Kier alpha value is -2.70. The number of methoxy groups -OCH3 is 1. The second-order valence-corrected chi connectivity index (χ2v) is 7.32. The molecule has 28 heavy (non-hydrogen) atoms. The summed E-state index contributed by atoms with van der Waals surface area (Å²) in [6.07, 6.45) is 0.958. The molecule has 0 unspecified atom stereocenters. The average Bonchev–Trinajstić information content (AvgIpc) is 2.96. The van der Waals surface area contributed by atoms with E-state index in [0.717, 1.165) is 32.7 Å². The topological polar surface area (TPSA) is 55.6 Å². The van der Waals surface area contributed by atoms with Crippen LogP contribution in [0.15, 0.2) is 70.2 Å². The summed E-state index contributed by atoms with van der Waals surface area (Å²) in [6.45, 7) is 4.07. The van der Waals surface area contributed by atoms with E-state index in [1.165, 1.54) is 7.11 Å². The predicted octanol–water partition coefficient (Wildman–Crippen LogP) is 4.69. The lowest BCUT2D eigenvalue weighted by atomic mass is 10.1. The van der Waals surface area contributed by atoms with E-state index in [-0.39, 0.29) is 5.91 Å². The summed E-state index contributed by atoms with van der Waals surface area (Å²) in [5.41, 5.74) is 7.49. The smallest absolute Gasteiger partial charge is 0.273 e. The number of carbonyl (C=O) groups excluding carboxylic acids is 1. The Morgan fingerprint density at radius 3 is 2.57 bits per heavy atom. The van der Waals surface area contributed by atoms with Crippen molar-refractivity contribution in [2.75, 3.05) is 7.11 Å². The van der Waals surface area contributed by atoms with Gasteiger partial charge in [-0.1, -0.05) is 52.3 Å². The molecule has 0 saturated heterocycles. The van der Waals surface area contributed by atoms with E-state index in [1.54, 1.807) is 6.21 Å². The summed E-state index contributed by atoms with van der Waals surface area (Å²) in [5.74, 6) is -0.314. The van der Waals surface area contributed by atoms with Gasteiger partial charge in [0, 0.05) is 34.2 Å². The van der Waals surface area contributed by atoms with Crippen molar-refractivity contribution in [2.24, 2.45) is 5.10 Å². The number of hydrazone groups is 1. The van der Waals surface area contributed by atoms with Gasteiger partial charge in [0.05, 0.1) is 6.21 Å². The maximum absolute atomic E-state index is 12.4. The highest BCUT2D eigenvalue weighted by atomic mass is 79.9. The van der Waals surface area contributed by atoms with Crippen molar-refractivity contribution in [1.29, 1.82) is 0 Å². The fourth-order valence-electron chi connectivity index (χ4n) is 3.18. The number of aromatic nitrogens is 1. The van der Waals surface area contributed by atoms with Gasteiger partial charge >= 0.3 is 0 Å². The number of carbonyl (C=O) groups is 1. The molecule has 1 aromatic heterocycles. The third-order valence-electron chi connectivity index (χ3n) is 4.49. The maximum Gasteiger partial charge on any atom is 0.273 e. The Balaban J connectivity index is 1.76. The fourth-order valence-corrected chi connectivity index (χ4v) is 3.56. The maximum atomic E-state index is 12.4. The van der Waals surface area contributed by atoms with Crippen LogP contribution in [0.3, 0.4) is 0 Å². The monoisotopic (exact) mass is 439 g/mol. The van der Waals surface area contributed by atoms with Gasteiger partial charge in [-0.25, -0.2) is 5.43 Å². The first-order valence-corrected chi connectivity index (χ1v) is 9.66. The van der Waals surface area contributed by atoms with Gasteiger partial charge in [-0.05, 0) is 43.7 Å². The standard InChI is InChI=1S/C22H22BrN3O2/c1-15-12-18(16(2)26(15)20-11-7-10-19(23)13-20)14-24-25-22(27)21(28-3)17-8-5-4-6-9-17/h4-14,21H,1-3H3,(H,25,27)/b24-14-/t21-/m1/s1. The molecule has 1 atom stereocenters. The van der Waals surface area contributed by atoms with E-state index >= 15 is 0 Å². The van der Waals surface area contributed by atoms with Crippen LogP contribution in [0.5, 0.6) is 0 Å². The molecule has 0 saturated carbocycles. The largest absolute Gasteiger partial charge is 0.367 e. The minimum Gasteiger partial charge on any atom is -0.367 e. The Labute approximate surface area is 173 Å². The SMILES string of the molecule is CO[C@@H](C(=O)N/N=C\c1cc(C)n(-c2cccc(Br)c2)c1C)c1ccccc1. The zero-order chi connectivity index (χ0) is 20.1. The van der Waals surface area contributed by atoms with Crippen molar-refractivity contribution in [3.63, 3.8) is 0 Å². The van der Waals surface area contributed by atoms with Gasteiger partial charge in [0.2, 0.25) is 0 Å². The average molecular weight is 440 g/mol. The summed E-state index contributed by atoms with van der Waals surface area (Å²) in [4.78, 5) is 12.4. The van der Waals surface area contributed by atoms with Gasteiger partial charge in [-0.2, -0.15) is 5.10 Å². The van der Waals surface area contributed by atoms with Crippen LogP contribution < -0.4 is 5.43 Å². The zero-order valence-corrected chi connectivity index (χ0v) is 17.6. The molecule has 6 heteroatoms. The van der Waals surface area contributed by atoms with Gasteiger partial charge in [0.1, 0.15) is 0 Å². The Morgan fingerprint density at radius 2 is 1.89 bits per heavy atom. The van der Waals surface area contributed by atoms with E-state index in [0.29, 0.717) is 0 Å². The molecule has 2 aromatic carbocycles. The van der Waals surface area contributed by atoms with E-state index in [9.17, 15) is 4.79 Å². The number of benzene rings is 2. The molecule has 5 nitrogen and oxygen atoms in total. The van der Waals surface area contributed by atoms with Crippen LogP contribution in [-0.4, -0.2) is 23.8 Å². The first-order valence-electron chi connectivity index (χ1n) is 8.87. The molecule has 3 aromatic rings. The lowest BCUT2D eigenvalue weighted by molar-refractivity contribution is -0.131. The fraction of sp³-hybridized carbons (Fsp3) is 0.182. The number of nitrogens with zero attached hydrogens (tertiary/aromatic N) is 2. The highest BCUT2D eigenvalue weighted by molar-refractivity contribution is 9.10. The summed E-state index contributed by atoms with van der Waals surface area (Å²) >= 11 is 3.51. The molecule has 0 bridgehead atoms. The molecule has 1 amide bonds. The van der Waals surface area contributed by atoms with Gasteiger partial charge in [-0.3, -0.25) is 4.79 Å². The Morgan fingerprint density at radius 1 is 1.14 bits per heavy atom. The van der Waals surface area contributed by atoms with Crippen LogP contribution in [0.2, 0.25) is 0 Å². The Kier molecular flexibility index (Phi) is 6.44. The summed E-state index contributed by atoms with van der Waals surface area (Å²) in [7, 11) is 1.51. The van der Waals surface area contributed by atoms with Crippen LogP contribution in [0.4, 0.5) is 0 Å². The van der Waals surface area contributed by atoms with Gasteiger partial charge in [0.25, 0.3) is 5.91 Å². The van der Waals surface area contributed by atoms with Crippen LogP contribution >= 0.6 is 15.9 Å². The molecule has 3 rings (SSSR count). The number of halogens is 1. The number of amides is 1. The number of ether oxygens (including phenoxy) is 1. The minimum atomic E-state index is -0.701. The molecular formula is C22H22BrN3O2. The quantitative estimate of drug-likeness (QED) is 0.447. The van der Waals surface area contributed by atoms with Gasteiger partial charge in [0.15, 0.2) is 6.10 Å². The number of hydrogen-bond acceptors (Lipinski definition) is 3. The molecule has 0 fully saturated rings. The highest BCUT2D eigenvalue weighted by Crippen LogP contribution is 2.22. The van der Waals surface area contributed by atoms with Crippen LogP contribution in [0.25, 0.3) is 5.69 Å². The number of hydrogen-bond donors (Lipinski definition) is 1. The first-order chi connectivity index (χ1) is 13.5. The molecule has 0 aliphatic rings. The zero-order valence-electron chi connectivity index (χ0n) is 16.0. The van der Waals surface area contributed by atoms with E-state index < -0.39 is 6.10 Å². The molecule has 1 N–H and O–H groups in total. The van der Waals surface area contributed by atoms with Gasteiger partial charge < -0.3 is 9.30 Å². The van der Waals surface area contributed by atoms with E-state index in [4.69, 9.17) is 4.74 Å². The van der Waals surface area contributed by atoms with Crippen molar-refractivity contribution in [1.82, 2.24) is 9.99 Å². The summed E-state index contributed by atoms with van der Waals surface area (Å²) in [6, 6.07) is 19.5. The second-order valence-electron chi connectivity index (χ2n) is 6.40. The van der Waals surface area contributed by atoms with Crippen molar-refractivity contribution in [2.45, 2.75) is 20.0 Å². The van der Waals surface area contributed by atoms with E-state index in [1.807, 2.05) is 62.4 Å². The lowest BCUT2D eigenvalue weighted by Crippen LogP contribution is -2.26. The summed E-state index contributed by atoms with van der Waals surface area (Å²) in [5, 5.41) is 4.14. The third kappa shape index (κ3) is 4.40. The summed E-state index contributed by atoms with van der Waals surface area (Å²) < 4.78 is 8.49. The normalized spacial score (nSPS) is 12.3. The number of aryl methyl sites for hydroxylation is 1. The third-order valence-corrected chi connectivity index (χ3v) is 4.98. The first kappa shape index (κ1) is 20.0. The molecule has 0 spiro atoms. The van der Waals surface area contributed by atoms with Crippen molar-refractivity contribution in [3.05, 3.63) is 87.7 Å². The molecule has 0 radical (unpaired) electrons. The van der Waals surface area contributed by atoms with Crippen LogP contribution in [-0.2, 0) is 9.53 Å². The molecule has 1 heterocycles. The molecular weight excluding hydrogens is 418 g/mol. The van der Waals surface area contributed by atoms with Crippen LogP contribution in [0.1, 0.15) is 28.6 Å². The van der Waals surface area contributed by atoms with Crippen LogP contribution in [0, 0.1) is 13.8 Å². The van der Waals surface area contributed by atoms with E-state index in [2.05, 4.69) is 43.2 Å². The Bertz CT molecular complexity index is 996. The van der Waals surface area contributed by atoms with Crippen molar-refractivity contribution >= 4 is 28.1 Å². The number of nitrogens with one attached hydrogen (secondary N) is 1. The minimum absolute atomic E-state index is 0.314. The molecule has 144 valence electrons.